The number of benzene rings is 1. The molecule has 1 unspecified atom stereocenters. The third-order valence-electron chi connectivity index (χ3n) is 3.66. The Morgan fingerprint density at radius 2 is 2.12 bits per heavy atom. The van der Waals surface area contributed by atoms with Gasteiger partial charge in [0, 0.05) is 11.1 Å². The molecule has 0 bridgehead atoms. The van der Waals surface area contributed by atoms with Gasteiger partial charge in [0.15, 0.2) is 0 Å². The van der Waals surface area contributed by atoms with Crippen molar-refractivity contribution in [2.45, 2.75) is 44.2 Å². The fourth-order valence-corrected chi connectivity index (χ4v) is 2.76. The highest BCUT2D eigenvalue weighted by atomic mass is 35.5. The Labute approximate surface area is 108 Å². The van der Waals surface area contributed by atoms with Crippen molar-refractivity contribution in [3.8, 4) is 0 Å². The van der Waals surface area contributed by atoms with E-state index in [1.54, 1.807) is 0 Å². The summed E-state index contributed by atoms with van der Waals surface area (Å²) in [6, 6.07) is 8.26. The lowest BCUT2D eigenvalue weighted by atomic mass is 9.91. The number of rotatable bonds is 4. The highest BCUT2D eigenvalue weighted by Gasteiger charge is 2.29. The van der Waals surface area contributed by atoms with Gasteiger partial charge in [-0.05, 0) is 37.5 Å². The summed E-state index contributed by atoms with van der Waals surface area (Å²) in [5.41, 5.74) is 0.666. The van der Waals surface area contributed by atoms with Gasteiger partial charge in [0.25, 0.3) is 0 Å². The summed E-state index contributed by atoms with van der Waals surface area (Å²) in [6.07, 6.45) is 4.98. The summed E-state index contributed by atoms with van der Waals surface area (Å²) in [7, 11) is 0. The van der Waals surface area contributed by atoms with Crippen LogP contribution in [0.4, 0.5) is 0 Å². The first-order valence-corrected chi connectivity index (χ1v) is 6.66. The summed E-state index contributed by atoms with van der Waals surface area (Å²) in [6.45, 7) is 2.13. The molecule has 0 amide bonds. The van der Waals surface area contributed by atoms with Gasteiger partial charge in [-0.2, -0.15) is 0 Å². The first-order valence-electron chi connectivity index (χ1n) is 6.29. The topological polar surface area (TPSA) is 32.3 Å². The molecule has 0 radical (unpaired) electrons. The van der Waals surface area contributed by atoms with E-state index >= 15 is 0 Å². The van der Waals surface area contributed by atoms with E-state index in [-0.39, 0.29) is 12.1 Å². The highest BCUT2D eigenvalue weighted by Crippen LogP contribution is 2.27. The average Bonchev–Trinajstić information content (AvgIpc) is 2.81. The number of aliphatic hydroxyl groups is 1. The van der Waals surface area contributed by atoms with Crippen LogP contribution in [-0.4, -0.2) is 17.8 Å². The van der Waals surface area contributed by atoms with Crippen molar-refractivity contribution in [2.24, 2.45) is 0 Å². The minimum Gasteiger partial charge on any atom is -0.394 e. The Bertz CT molecular complexity index is 376. The van der Waals surface area contributed by atoms with Crippen LogP contribution in [-0.2, 0) is 5.54 Å². The number of halogens is 1. The van der Waals surface area contributed by atoms with Crippen LogP contribution < -0.4 is 5.32 Å². The molecule has 0 spiro atoms. The van der Waals surface area contributed by atoms with E-state index in [0.29, 0.717) is 6.04 Å². The van der Waals surface area contributed by atoms with E-state index in [1.165, 1.54) is 25.7 Å². The average molecular weight is 254 g/mol. The normalized spacial score (nSPS) is 20.4. The Hall–Kier alpha value is -0.570. The second kappa shape index (κ2) is 5.38. The summed E-state index contributed by atoms with van der Waals surface area (Å²) >= 11 is 6.02. The standard InChI is InChI=1S/C14H20ClNO/c1-14(10-17,16-13-7-2-3-8-13)11-5-4-6-12(15)9-11/h4-6,9,13,16-17H,2-3,7-8,10H2,1H3. The summed E-state index contributed by atoms with van der Waals surface area (Å²) in [5.74, 6) is 0. The molecule has 2 nitrogen and oxygen atoms in total. The molecule has 0 aliphatic heterocycles. The van der Waals surface area contributed by atoms with Crippen LogP contribution in [0.2, 0.25) is 5.02 Å². The monoisotopic (exact) mass is 253 g/mol. The fourth-order valence-electron chi connectivity index (χ4n) is 2.57. The number of nitrogens with one attached hydrogen (secondary N) is 1. The van der Waals surface area contributed by atoms with Crippen LogP contribution >= 0.6 is 11.6 Å². The zero-order valence-electron chi connectivity index (χ0n) is 10.2. The Kier molecular flexibility index (Phi) is 4.08. The molecule has 0 saturated heterocycles. The lowest BCUT2D eigenvalue weighted by molar-refractivity contribution is 0.161. The predicted octanol–water partition coefficient (Wildman–Crippen LogP) is 3.08. The van der Waals surface area contributed by atoms with Gasteiger partial charge in [0.2, 0.25) is 0 Å². The Morgan fingerprint density at radius 3 is 2.71 bits per heavy atom. The molecular weight excluding hydrogens is 234 g/mol. The summed E-state index contributed by atoms with van der Waals surface area (Å²) in [4.78, 5) is 0. The maximum atomic E-state index is 9.68. The van der Waals surface area contributed by atoms with Crippen LogP contribution in [0.5, 0.6) is 0 Å². The van der Waals surface area contributed by atoms with E-state index in [0.717, 1.165) is 10.6 Å². The van der Waals surface area contributed by atoms with Gasteiger partial charge in [-0.1, -0.05) is 36.6 Å². The van der Waals surface area contributed by atoms with Crippen molar-refractivity contribution in [1.82, 2.24) is 5.32 Å². The largest absolute Gasteiger partial charge is 0.394 e. The molecule has 3 heteroatoms. The van der Waals surface area contributed by atoms with Crippen LogP contribution in [0.1, 0.15) is 38.2 Å². The van der Waals surface area contributed by atoms with Crippen molar-refractivity contribution in [2.75, 3.05) is 6.61 Å². The highest BCUT2D eigenvalue weighted by molar-refractivity contribution is 6.30. The van der Waals surface area contributed by atoms with E-state index in [2.05, 4.69) is 5.32 Å². The Balaban J connectivity index is 2.17. The first kappa shape index (κ1) is 12.9. The molecule has 2 rings (SSSR count). The van der Waals surface area contributed by atoms with Gasteiger partial charge in [0.05, 0.1) is 12.1 Å². The maximum Gasteiger partial charge on any atom is 0.0652 e. The van der Waals surface area contributed by atoms with Crippen molar-refractivity contribution in [1.29, 1.82) is 0 Å². The lowest BCUT2D eigenvalue weighted by Gasteiger charge is -2.33. The number of hydrogen-bond acceptors (Lipinski definition) is 2. The minimum atomic E-state index is -0.389. The molecule has 1 aliphatic carbocycles. The number of hydrogen-bond donors (Lipinski definition) is 2. The van der Waals surface area contributed by atoms with Gasteiger partial charge in [-0.3, -0.25) is 0 Å². The van der Waals surface area contributed by atoms with Gasteiger partial charge in [0.1, 0.15) is 0 Å². The van der Waals surface area contributed by atoms with E-state index in [1.807, 2.05) is 31.2 Å². The first-order chi connectivity index (χ1) is 8.14. The fraction of sp³-hybridized carbons (Fsp3) is 0.571. The molecule has 0 heterocycles. The van der Waals surface area contributed by atoms with E-state index < -0.39 is 0 Å². The zero-order valence-corrected chi connectivity index (χ0v) is 11.0. The molecule has 1 saturated carbocycles. The van der Waals surface area contributed by atoms with Gasteiger partial charge < -0.3 is 10.4 Å². The molecule has 1 atom stereocenters. The summed E-state index contributed by atoms with van der Waals surface area (Å²) < 4.78 is 0. The van der Waals surface area contributed by atoms with Gasteiger partial charge >= 0.3 is 0 Å². The predicted molar refractivity (Wildman–Crippen MR) is 71.3 cm³/mol. The molecule has 2 N–H and O–H groups in total. The quantitative estimate of drug-likeness (QED) is 0.864. The number of aliphatic hydroxyl groups excluding tert-OH is 1. The molecule has 17 heavy (non-hydrogen) atoms. The van der Waals surface area contributed by atoms with Crippen molar-refractivity contribution >= 4 is 11.6 Å². The second-order valence-electron chi connectivity index (χ2n) is 5.13. The molecule has 1 fully saturated rings. The van der Waals surface area contributed by atoms with Crippen molar-refractivity contribution in [3.63, 3.8) is 0 Å². The second-order valence-corrected chi connectivity index (χ2v) is 5.56. The SMILES string of the molecule is CC(CO)(NC1CCCC1)c1cccc(Cl)c1. The lowest BCUT2D eigenvalue weighted by Crippen LogP contribution is -2.47. The maximum absolute atomic E-state index is 9.68. The molecule has 1 aromatic rings. The molecular formula is C14H20ClNO. The molecule has 0 aromatic heterocycles. The molecule has 1 aliphatic rings. The van der Waals surface area contributed by atoms with Gasteiger partial charge in [-0.25, -0.2) is 0 Å². The molecule has 1 aromatic carbocycles. The van der Waals surface area contributed by atoms with E-state index in [9.17, 15) is 5.11 Å². The van der Waals surface area contributed by atoms with Crippen LogP contribution in [0.15, 0.2) is 24.3 Å². The zero-order chi connectivity index (χ0) is 12.3. The van der Waals surface area contributed by atoms with Crippen molar-refractivity contribution in [3.05, 3.63) is 34.9 Å². The summed E-state index contributed by atoms with van der Waals surface area (Å²) in [5, 5.41) is 14.0. The third kappa shape index (κ3) is 3.01. The van der Waals surface area contributed by atoms with Crippen LogP contribution in [0.3, 0.4) is 0 Å². The van der Waals surface area contributed by atoms with Crippen LogP contribution in [0.25, 0.3) is 0 Å². The van der Waals surface area contributed by atoms with E-state index in [4.69, 9.17) is 11.6 Å². The van der Waals surface area contributed by atoms with Crippen LogP contribution in [0, 0.1) is 0 Å². The minimum absolute atomic E-state index is 0.0871. The Morgan fingerprint density at radius 1 is 1.41 bits per heavy atom. The smallest absolute Gasteiger partial charge is 0.0652 e. The van der Waals surface area contributed by atoms with Crippen molar-refractivity contribution < 1.29 is 5.11 Å². The van der Waals surface area contributed by atoms with Gasteiger partial charge in [-0.15, -0.1) is 0 Å². The molecule has 94 valence electrons. The third-order valence-corrected chi connectivity index (χ3v) is 3.89.